The molecular formula is C23H30N6. The van der Waals surface area contributed by atoms with Crippen LogP contribution in [0.3, 0.4) is 0 Å². The molecule has 6 nitrogen and oxygen atoms in total. The molecule has 3 aliphatic heterocycles. The monoisotopic (exact) mass is 390 g/mol. The van der Waals surface area contributed by atoms with Crippen LogP contribution in [-0.4, -0.2) is 71.3 Å². The molecule has 4 heterocycles. The fourth-order valence-electron chi connectivity index (χ4n) is 4.33. The Labute approximate surface area is 173 Å². The van der Waals surface area contributed by atoms with Gasteiger partial charge in [-0.3, -0.25) is 0 Å². The second-order valence-corrected chi connectivity index (χ2v) is 8.65. The van der Waals surface area contributed by atoms with Crippen molar-refractivity contribution >= 4 is 17.4 Å². The summed E-state index contributed by atoms with van der Waals surface area (Å²) < 4.78 is 0. The highest BCUT2D eigenvalue weighted by Gasteiger charge is 2.34. The minimum Gasteiger partial charge on any atom is -0.354 e. The minimum absolute atomic E-state index is 0.267. The van der Waals surface area contributed by atoms with Crippen molar-refractivity contribution in [1.29, 1.82) is 0 Å². The van der Waals surface area contributed by atoms with Gasteiger partial charge in [0.15, 0.2) is 5.84 Å². The highest BCUT2D eigenvalue weighted by Crippen LogP contribution is 2.36. The molecule has 1 aromatic heterocycles. The molecule has 2 bridgehead atoms. The fraction of sp³-hybridized carbons (Fsp3) is 0.478. The number of likely N-dealkylation sites (N-methyl/N-ethyl adjacent to an activating group) is 1. The minimum atomic E-state index is 0.267. The van der Waals surface area contributed by atoms with E-state index in [0.29, 0.717) is 0 Å². The molecule has 1 unspecified atom stereocenters. The van der Waals surface area contributed by atoms with E-state index in [2.05, 4.69) is 63.4 Å². The summed E-state index contributed by atoms with van der Waals surface area (Å²) in [6.45, 7) is 11.9. The second kappa shape index (κ2) is 7.34. The number of hydrogen-bond acceptors (Lipinski definition) is 6. The molecule has 1 saturated heterocycles. The van der Waals surface area contributed by atoms with Crippen LogP contribution in [0.5, 0.6) is 0 Å². The molecule has 0 N–H and O–H groups in total. The second-order valence-electron chi connectivity index (χ2n) is 8.65. The Morgan fingerprint density at radius 1 is 1.14 bits per heavy atom. The lowest BCUT2D eigenvalue weighted by molar-refractivity contribution is 0.312. The number of rotatable bonds is 4. The van der Waals surface area contributed by atoms with Gasteiger partial charge in [0.1, 0.15) is 5.82 Å². The molecule has 29 heavy (non-hydrogen) atoms. The maximum Gasteiger partial charge on any atom is 0.152 e. The third-order valence-corrected chi connectivity index (χ3v) is 6.41. The summed E-state index contributed by atoms with van der Waals surface area (Å²) in [7, 11) is 2.18. The first kappa shape index (κ1) is 18.4. The molecule has 1 atom stereocenters. The van der Waals surface area contributed by atoms with E-state index in [1.807, 2.05) is 18.6 Å². The summed E-state index contributed by atoms with van der Waals surface area (Å²) in [6, 6.07) is 4.62. The van der Waals surface area contributed by atoms with Crippen LogP contribution in [0.4, 0.5) is 5.82 Å². The number of piperazine rings is 1. The van der Waals surface area contributed by atoms with E-state index in [1.54, 1.807) is 0 Å². The zero-order valence-corrected chi connectivity index (χ0v) is 17.5. The summed E-state index contributed by atoms with van der Waals surface area (Å²) in [4.78, 5) is 18.8. The first-order valence-electron chi connectivity index (χ1n) is 10.7. The van der Waals surface area contributed by atoms with Crippen molar-refractivity contribution in [2.75, 3.05) is 44.7 Å². The number of fused-ring (bicyclic) bond motifs is 2. The molecule has 1 aliphatic carbocycles. The molecular weight excluding hydrogens is 360 g/mol. The first-order valence-corrected chi connectivity index (χ1v) is 10.7. The number of hydrogen-bond donors (Lipinski definition) is 0. The fourth-order valence-corrected chi connectivity index (χ4v) is 4.33. The third kappa shape index (κ3) is 3.57. The van der Waals surface area contributed by atoms with Crippen molar-refractivity contribution in [2.24, 2.45) is 10.9 Å². The van der Waals surface area contributed by atoms with Gasteiger partial charge >= 0.3 is 0 Å². The molecule has 1 aromatic rings. The molecule has 0 radical (unpaired) electrons. The summed E-state index contributed by atoms with van der Waals surface area (Å²) in [5.41, 5.74) is 3.21. The Bertz CT molecular complexity index is 871. The smallest absolute Gasteiger partial charge is 0.152 e. The quantitative estimate of drug-likeness (QED) is 0.790. The van der Waals surface area contributed by atoms with Gasteiger partial charge in [0.2, 0.25) is 0 Å². The van der Waals surface area contributed by atoms with Crippen LogP contribution >= 0.6 is 0 Å². The Hall–Kier alpha value is -2.60. The van der Waals surface area contributed by atoms with E-state index in [9.17, 15) is 0 Å². The lowest BCUT2D eigenvalue weighted by Gasteiger charge is -2.33. The summed E-state index contributed by atoms with van der Waals surface area (Å²) >= 11 is 0. The van der Waals surface area contributed by atoms with Gasteiger partial charge in [0.05, 0.1) is 11.4 Å². The van der Waals surface area contributed by atoms with Crippen molar-refractivity contribution in [3.05, 3.63) is 54.6 Å². The SMILES string of the molecule is C=C1C2=NC=CN1C(c1ccc(N3CCN(C)CC3)nc1)=CC(C)N2CC1CC1. The van der Waals surface area contributed by atoms with Crippen LogP contribution in [0.25, 0.3) is 5.70 Å². The molecule has 2 fully saturated rings. The first-order chi connectivity index (χ1) is 14.1. The van der Waals surface area contributed by atoms with Gasteiger partial charge in [-0.25, -0.2) is 9.98 Å². The van der Waals surface area contributed by atoms with Crippen molar-refractivity contribution < 1.29 is 0 Å². The van der Waals surface area contributed by atoms with Gasteiger partial charge in [0, 0.05) is 62.9 Å². The van der Waals surface area contributed by atoms with Gasteiger partial charge in [-0.2, -0.15) is 0 Å². The Morgan fingerprint density at radius 3 is 2.62 bits per heavy atom. The van der Waals surface area contributed by atoms with Gasteiger partial charge in [-0.1, -0.05) is 6.58 Å². The maximum absolute atomic E-state index is 4.81. The third-order valence-electron chi connectivity index (χ3n) is 6.41. The van der Waals surface area contributed by atoms with Crippen LogP contribution in [0.15, 0.2) is 54.1 Å². The molecule has 0 spiro atoms. The average molecular weight is 391 g/mol. The van der Waals surface area contributed by atoms with E-state index in [-0.39, 0.29) is 6.04 Å². The van der Waals surface area contributed by atoms with Crippen LogP contribution in [0, 0.1) is 5.92 Å². The summed E-state index contributed by atoms with van der Waals surface area (Å²) in [6.07, 6.45) is 10.9. The van der Waals surface area contributed by atoms with Gasteiger partial charge in [-0.05, 0) is 50.9 Å². The molecule has 6 heteroatoms. The molecule has 5 rings (SSSR count). The maximum atomic E-state index is 4.81. The molecule has 152 valence electrons. The molecule has 0 aromatic carbocycles. The highest BCUT2D eigenvalue weighted by atomic mass is 15.3. The highest BCUT2D eigenvalue weighted by molar-refractivity contribution is 6.01. The number of anilines is 1. The number of aromatic nitrogens is 1. The van der Waals surface area contributed by atoms with Crippen LogP contribution in [0.2, 0.25) is 0 Å². The van der Waals surface area contributed by atoms with Crippen LogP contribution in [0.1, 0.15) is 25.3 Å². The van der Waals surface area contributed by atoms with Gasteiger partial charge < -0.3 is 19.6 Å². The van der Waals surface area contributed by atoms with E-state index in [0.717, 1.165) is 67.3 Å². The Kier molecular flexibility index (Phi) is 4.66. The van der Waals surface area contributed by atoms with Crippen LogP contribution < -0.4 is 4.90 Å². The van der Waals surface area contributed by atoms with E-state index < -0.39 is 0 Å². The normalized spacial score (nSPS) is 25.1. The molecule has 0 amide bonds. The molecule has 1 saturated carbocycles. The Morgan fingerprint density at radius 2 is 1.93 bits per heavy atom. The zero-order valence-electron chi connectivity index (χ0n) is 17.5. The number of nitrogens with zero attached hydrogens (tertiary/aromatic N) is 6. The summed E-state index contributed by atoms with van der Waals surface area (Å²) in [5.74, 6) is 2.86. The van der Waals surface area contributed by atoms with E-state index >= 15 is 0 Å². The standard InChI is InChI=1S/C23H30N6/c1-17-14-21(20-6-7-22(25-15-20)27-12-10-26(3)11-13-27)28-9-8-24-23(18(28)2)29(17)16-19-4-5-19/h6-9,14-15,17,19H,2,4-5,10-13,16H2,1,3H3. The predicted molar refractivity (Wildman–Crippen MR) is 118 cm³/mol. The number of amidine groups is 1. The predicted octanol–water partition coefficient (Wildman–Crippen LogP) is 2.99. The Balaban J connectivity index is 1.42. The van der Waals surface area contributed by atoms with E-state index in [1.165, 1.54) is 12.8 Å². The largest absolute Gasteiger partial charge is 0.354 e. The van der Waals surface area contributed by atoms with Crippen molar-refractivity contribution in [1.82, 2.24) is 19.7 Å². The van der Waals surface area contributed by atoms with Gasteiger partial charge in [-0.15, -0.1) is 0 Å². The lowest BCUT2D eigenvalue weighted by atomic mass is 10.1. The summed E-state index contributed by atoms with van der Waals surface area (Å²) in [5, 5.41) is 0. The lowest BCUT2D eigenvalue weighted by Crippen LogP contribution is -2.44. The average Bonchev–Trinajstić information content (AvgIpc) is 3.56. The van der Waals surface area contributed by atoms with Crippen LogP contribution in [-0.2, 0) is 0 Å². The van der Waals surface area contributed by atoms with Crippen molar-refractivity contribution in [3.63, 3.8) is 0 Å². The number of aliphatic imine (C=N–C) groups is 1. The topological polar surface area (TPSA) is 38.2 Å². The van der Waals surface area contributed by atoms with E-state index in [4.69, 9.17) is 4.98 Å². The molecule has 4 aliphatic rings. The van der Waals surface area contributed by atoms with Crippen molar-refractivity contribution in [2.45, 2.75) is 25.8 Å². The zero-order chi connectivity index (χ0) is 20.0. The van der Waals surface area contributed by atoms with Gasteiger partial charge in [0.25, 0.3) is 0 Å². The number of pyridine rings is 1. The van der Waals surface area contributed by atoms with Crippen molar-refractivity contribution in [3.8, 4) is 0 Å².